The Morgan fingerprint density at radius 1 is 0.969 bits per heavy atom. The van der Waals surface area contributed by atoms with Crippen LogP contribution in [0.2, 0.25) is 0 Å². The molecule has 0 aromatic carbocycles. The van der Waals surface area contributed by atoms with E-state index in [0.29, 0.717) is 45.7 Å². The van der Waals surface area contributed by atoms with Crippen molar-refractivity contribution in [1.29, 1.82) is 0 Å². The molecule has 0 aromatic heterocycles. The van der Waals surface area contributed by atoms with Crippen molar-refractivity contribution in [3.63, 3.8) is 0 Å². The molecule has 5 rings (SSSR count). The Labute approximate surface area is 197 Å². The largest absolute Gasteiger partial charge is 0.393 e. The molecule has 0 saturated heterocycles. The van der Waals surface area contributed by atoms with Gasteiger partial charge in [0.25, 0.3) is 0 Å². The van der Waals surface area contributed by atoms with Gasteiger partial charge in [-0.3, -0.25) is 4.79 Å². The quantitative estimate of drug-likeness (QED) is 0.433. The second-order valence-corrected chi connectivity index (χ2v) is 14.4. The smallest absolute Gasteiger partial charge is 0.136 e. The summed E-state index contributed by atoms with van der Waals surface area (Å²) >= 11 is 0. The second kappa shape index (κ2) is 6.96. The fraction of sp³-hybridized carbons (Fsp3) is 0.900. The molecule has 4 saturated carbocycles. The van der Waals surface area contributed by atoms with E-state index in [1.807, 2.05) is 6.92 Å². The molecule has 5 unspecified atom stereocenters. The molecule has 32 heavy (non-hydrogen) atoms. The van der Waals surface area contributed by atoms with Gasteiger partial charge in [-0.05, 0) is 116 Å². The van der Waals surface area contributed by atoms with Gasteiger partial charge in [0.1, 0.15) is 5.78 Å². The van der Waals surface area contributed by atoms with Crippen molar-refractivity contribution in [2.24, 2.45) is 50.7 Å². The van der Waals surface area contributed by atoms with Gasteiger partial charge in [-0.2, -0.15) is 0 Å². The van der Waals surface area contributed by atoms with Gasteiger partial charge >= 0.3 is 0 Å². The first-order valence-electron chi connectivity index (χ1n) is 13.7. The third-order valence-electron chi connectivity index (χ3n) is 12.9. The molecule has 0 aromatic rings. The molecule has 0 aliphatic heterocycles. The van der Waals surface area contributed by atoms with Crippen molar-refractivity contribution in [3.8, 4) is 0 Å². The Kier molecular flexibility index (Phi) is 5.03. The molecule has 5 aliphatic carbocycles. The standard InChI is InChI=1S/C30H48O2/c1-19-21-10-13-29(7)25(27(21,5)12-11-24(19)32)9-8-22-23-18-26(3,4)14-16-30(23,20(2)31)17-15-28(22,29)6/h8,19,21,23-25,32H,9-18H2,1-7H3/t19?,21-,23?,24-,25?,27?,28+,29?,30+/m0/s1. The molecule has 0 amide bonds. The van der Waals surface area contributed by atoms with Crippen LogP contribution < -0.4 is 0 Å². The lowest BCUT2D eigenvalue weighted by Gasteiger charge is -2.70. The van der Waals surface area contributed by atoms with Crippen molar-refractivity contribution in [2.45, 2.75) is 119 Å². The fourth-order valence-corrected chi connectivity index (χ4v) is 10.5. The first-order chi connectivity index (χ1) is 14.8. The first-order valence-corrected chi connectivity index (χ1v) is 13.7. The van der Waals surface area contributed by atoms with Gasteiger partial charge in [-0.15, -0.1) is 0 Å². The summed E-state index contributed by atoms with van der Waals surface area (Å²) in [6.07, 6.45) is 14.2. The van der Waals surface area contributed by atoms with Crippen LogP contribution in [-0.4, -0.2) is 17.0 Å². The molecule has 9 atom stereocenters. The van der Waals surface area contributed by atoms with Crippen LogP contribution in [-0.2, 0) is 4.79 Å². The maximum atomic E-state index is 13.2. The van der Waals surface area contributed by atoms with Crippen molar-refractivity contribution < 1.29 is 9.90 Å². The number of hydrogen-bond acceptors (Lipinski definition) is 2. The van der Waals surface area contributed by atoms with Crippen LogP contribution in [0.25, 0.3) is 0 Å². The molecule has 0 heterocycles. The number of allylic oxidation sites excluding steroid dienone is 2. The molecular weight excluding hydrogens is 392 g/mol. The highest BCUT2D eigenvalue weighted by atomic mass is 16.3. The third kappa shape index (κ3) is 2.77. The van der Waals surface area contributed by atoms with Crippen LogP contribution in [0.1, 0.15) is 113 Å². The van der Waals surface area contributed by atoms with Crippen LogP contribution in [0, 0.1) is 50.7 Å². The number of carbonyl (C=O) groups is 1. The van der Waals surface area contributed by atoms with Crippen molar-refractivity contribution in [2.75, 3.05) is 0 Å². The molecule has 5 aliphatic rings. The number of aliphatic hydroxyl groups excluding tert-OH is 1. The number of rotatable bonds is 1. The highest BCUT2D eigenvalue weighted by Crippen LogP contribution is 2.74. The Balaban J connectivity index is 1.59. The Hall–Kier alpha value is -0.630. The summed E-state index contributed by atoms with van der Waals surface area (Å²) in [5.41, 5.74) is 2.75. The third-order valence-corrected chi connectivity index (χ3v) is 12.9. The zero-order valence-corrected chi connectivity index (χ0v) is 21.9. The lowest BCUT2D eigenvalue weighted by atomic mass is 9.34. The summed E-state index contributed by atoms with van der Waals surface area (Å²) in [6.45, 7) is 16.9. The summed E-state index contributed by atoms with van der Waals surface area (Å²) < 4.78 is 0. The number of hydrogen-bond donors (Lipinski definition) is 1. The van der Waals surface area contributed by atoms with E-state index in [1.165, 1.54) is 44.9 Å². The van der Waals surface area contributed by atoms with Crippen LogP contribution in [0.4, 0.5) is 0 Å². The second-order valence-electron chi connectivity index (χ2n) is 14.4. The fourth-order valence-electron chi connectivity index (χ4n) is 10.5. The maximum Gasteiger partial charge on any atom is 0.136 e. The van der Waals surface area contributed by atoms with Gasteiger partial charge in [0, 0.05) is 5.41 Å². The SMILES string of the molecule is CC(=O)[C@]12CCC(C)(C)CC1C1=CCC3C4(C)CC[C@H](O)C(C)[C@@H]4CCC3(C)[C@]1(C)CC2. The summed E-state index contributed by atoms with van der Waals surface area (Å²) in [4.78, 5) is 13.2. The van der Waals surface area contributed by atoms with Gasteiger partial charge < -0.3 is 5.11 Å². The summed E-state index contributed by atoms with van der Waals surface area (Å²) in [7, 11) is 0. The van der Waals surface area contributed by atoms with Crippen molar-refractivity contribution in [3.05, 3.63) is 11.6 Å². The van der Waals surface area contributed by atoms with Crippen LogP contribution >= 0.6 is 0 Å². The van der Waals surface area contributed by atoms with Crippen LogP contribution in [0.15, 0.2) is 11.6 Å². The Morgan fingerprint density at radius 3 is 2.34 bits per heavy atom. The van der Waals surface area contributed by atoms with Crippen molar-refractivity contribution >= 4 is 5.78 Å². The number of Topliss-reactive ketones (excluding diaryl/α,β-unsaturated/α-hetero) is 1. The van der Waals surface area contributed by atoms with Gasteiger partial charge in [0.15, 0.2) is 0 Å². The average molecular weight is 441 g/mol. The van der Waals surface area contributed by atoms with E-state index in [1.54, 1.807) is 5.57 Å². The van der Waals surface area contributed by atoms with Crippen molar-refractivity contribution in [1.82, 2.24) is 0 Å². The summed E-state index contributed by atoms with van der Waals surface area (Å²) in [6, 6.07) is 0. The first kappa shape index (κ1) is 23.1. The van der Waals surface area contributed by atoms with E-state index in [-0.39, 0.29) is 16.9 Å². The number of ketones is 1. The van der Waals surface area contributed by atoms with E-state index in [2.05, 4.69) is 47.6 Å². The van der Waals surface area contributed by atoms with Gasteiger partial charge in [-0.1, -0.05) is 53.2 Å². The lowest BCUT2D eigenvalue weighted by molar-refractivity contribution is -0.181. The minimum atomic E-state index is -0.113. The Morgan fingerprint density at radius 2 is 1.66 bits per heavy atom. The molecular formula is C30H48O2. The molecule has 0 bridgehead atoms. The molecule has 0 spiro atoms. The molecule has 2 nitrogen and oxygen atoms in total. The number of aliphatic hydroxyl groups is 1. The minimum Gasteiger partial charge on any atom is -0.393 e. The topological polar surface area (TPSA) is 37.3 Å². The highest BCUT2D eigenvalue weighted by molar-refractivity contribution is 5.83. The molecule has 2 heteroatoms. The zero-order chi connectivity index (χ0) is 23.3. The van der Waals surface area contributed by atoms with E-state index in [4.69, 9.17) is 0 Å². The molecule has 1 N–H and O–H groups in total. The molecule has 0 radical (unpaired) electrons. The lowest BCUT2D eigenvalue weighted by Crippen LogP contribution is -2.63. The molecule has 4 fully saturated rings. The monoisotopic (exact) mass is 440 g/mol. The predicted molar refractivity (Wildman–Crippen MR) is 131 cm³/mol. The molecule has 180 valence electrons. The maximum absolute atomic E-state index is 13.2. The summed E-state index contributed by atoms with van der Waals surface area (Å²) in [5.74, 6) is 2.67. The van der Waals surface area contributed by atoms with Gasteiger partial charge in [0.2, 0.25) is 0 Å². The van der Waals surface area contributed by atoms with E-state index in [9.17, 15) is 9.90 Å². The highest BCUT2D eigenvalue weighted by Gasteiger charge is 2.67. The minimum absolute atomic E-state index is 0.103. The number of carbonyl (C=O) groups excluding carboxylic acids is 1. The van der Waals surface area contributed by atoms with E-state index in [0.717, 1.165) is 19.3 Å². The van der Waals surface area contributed by atoms with Gasteiger partial charge in [-0.25, -0.2) is 0 Å². The van der Waals surface area contributed by atoms with Crippen LogP contribution in [0.3, 0.4) is 0 Å². The van der Waals surface area contributed by atoms with E-state index < -0.39 is 0 Å². The predicted octanol–water partition coefficient (Wildman–Crippen LogP) is 7.35. The Bertz CT molecular complexity index is 840. The normalized spacial score (nSPS) is 54.4. The zero-order valence-electron chi connectivity index (χ0n) is 21.9. The summed E-state index contributed by atoms with van der Waals surface area (Å²) in [5, 5.41) is 10.6. The van der Waals surface area contributed by atoms with Gasteiger partial charge in [0.05, 0.1) is 6.10 Å². The van der Waals surface area contributed by atoms with E-state index >= 15 is 0 Å². The van der Waals surface area contributed by atoms with Crippen LogP contribution in [0.5, 0.6) is 0 Å². The average Bonchev–Trinajstić information content (AvgIpc) is 2.71. The number of fused-ring (bicyclic) bond motifs is 7.